The highest BCUT2D eigenvalue weighted by molar-refractivity contribution is 7.10. The van der Waals surface area contributed by atoms with Crippen LogP contribution in [0.25, 0.3) is 0 Å². The Bertz CT molecular complexity index is 997. The van der Waals surface area contributed by atoms with Crippen molar-refractivity contribution in [3.05, 3.63) is 88.1 Å². The molecule has 2 amide bonds. The molecule has 0 atom stereocenters. The average molecular weight is 439 g/mol. The van der Waals surface area contributed by atoms with Crippen molar-refractivity contribution in [2.45, 2.75) is 12.5 Å². The van der Waals surface area contributed by atoms with Crippen LogP contribution in [0.3, 0.4) is 0 Å². The molecule has 0 aliphatic rings. The molecule has 3 aromatic rings. The number of carbonyl (C=O) groups excluding carboxylic acids is 2. The van der Waals surface area contributed by atoms with Crippen LogP contribution >= 0.6 is 11.3 Å². The van der Waals surface area contributed by atoms with Crippen molar-refractivity contribution >= 4 is 35.0 Å². The summed E-state index contributed by atoms with van der Waals surface area (Å²) in [6.45, 7) is -0.263. The van der Waals surface area contributed by atoms with Crippen LogP contribution in [-0.2, 0) is 20.7 Å². The number of nitrogens with one attached hydrogen (secondary N) is 1. The van der Waals surface area contributed by atoms with Crippen LogP contribution in [0.1, 0.15) is 22.1 Å². The van der Waals surface area contributed by atoms with E-state index in [0.717, 1.165) is 11.1 Å². The zero-order valence-electron chi connectivity index (χ0n) is 16.9. The van der Waals surface area contributed by atoms with Crippen LogP contribution in [-0.4, -0.2) is 41.6 Å². The van der Waals surface area contributed by atoms with Crippen LogP contribution in [0, 0.1) is 0 Å². The summed E-state index contributed by atoms with van der Waals surface area (Å²) >= 11 is 1.24. The predicted octanol–water partition coefficient (Wildman–Crippen LogP) is 4.17. The zero-order chi connectivity index (χ0) is 22.2. The van der Waals surface area contributed by atoms with Crippen molar-refractivity contribution in [1.29, 1.82) is 0 Å². The van der Waals surface area contributed by atoms with Crippen molar-refractivity contribution in [1.82, 2.24) is 4.90 Å². The number of amides is 2. The molecule has 1 heterocycles. The number of aliphatic carboxylic acids is 1. The van der Waals surface area contributed by atoms with Gasteiger partial charge in [0.05, 0.1) is 12.1 Å². The molecule has 0 saturated heterocycles. The highest BCUT2D eigenvalue weighted by Crippen LogP contribution is 2.26. The summed E-state index contributed by atoms with van der Waals surface area (Å²) in [5.41, 5.74) is 2.07. The molecule has 1 aromatic heterocycles. The third-order valence-electron chi connectivity index (χ3n) is 4.47. The first-order valence-corrected chi connectivity index (χ1v) is 10.4. The zero-order valence-corrected chi connectivity index (χ0v) is 17.7. The number of carbonyl (C=O) groups is 3. The number of esters is 1. The lowest BCUT2D eigenvalue weighted by atomic mass is 10.0. The van der Waals surface area contributed by atoms with Gasteiger partial charge in [0.15, 0.2) is 6.10 Å². The summed E-state index contributed by atoms with van der Waals surface area (Å²) in [6, 6.07) is 19.9. The van der Waals surface area contributed by atoms with Crippen molar-refractivity contribution in [2.24, 2.45) is 0 Å². The second-order valence-electron chi connectivity index (χ2n) is 6.81. The minimum absolute atomic E-state index is 0.186. The summed E-state index contributed by atoms with van der Waals surface area (Å²) in [4.78, 5) is 37.8. The topological polar surface area (TPSA) is 95.9 Å². The van der Waals surface area contributed by atoms with Crippen LogP contribution in [0.4, 0.5) is 10.5 Å². The van der Waals surface area contributed by atoms with E-state index < -0.39 is 24.1 Å². The molecule has 0 unspecified atom stereocenters. The maximum Gasteiger partial charge on any atom is 0.326 e. The Morgan fingerprint density at radius 2 is 1.58 bits per heavy atom. The van der Waals surface area contributed by atoms with E-state index in [1.54, 1.807) is 11.4 Å². The number of ether oxygens (including phenoxy) is 1. The molecule has 2 N–H and O–H groups in total. The van der Waals surface area contributed by atoms with Gasteiger partial charge in [-0.3, -0.25) is 9.59 Å². The second-order valence-corrected chi connectivity index (χ2v) is 7.81. The number of carboxylic acid groups (broad SMARTS) is 1. The number of rotatable bonds is 8. The lowest BCUT2D eigenvalue weighted by molar-refractivity contribution is -0.148. The quantitative estimate of drug-likeness (QED) is 0.515. The van der Waals surface area contributed by atoms with E-state index >= 15 is 0 Å². The van der Waals surface area contributed by atoms with Gasteiger partial charge in [-0.05, 0) is 22.6 Å². The molecule has 0 aliphatic heterocycles. The molecule has 3 rings (SSSR count). The number of hydrogen-bond donors (Lipinski definition) is 2. The van der Waals surface area contributed by atoms with Crippen molar-refractivity contribution in [3.8, 4) is 0 Å². The van der Waals surface area contributed by atoms with Crippen LogP contribution in [0.15, 0.2) is 72.1 Å². The van der Waals surface area contributed by atoms with E-state index in [1.165, 1.54) is 23.3 Å². The molecule has 7 nitrogen and oxygen atoms in total. The van der Waals surface area contributed by atoms with Crippen LogP contribution in [0.5, 0.6) is 0 Å². The molecule has 2 aromatic carbocycles. The number of likely N-dealkylation sites (N-methyl/N-ethyl adjacent to an activating group) is 1. The van der Waals surface area contributed by atoms with E-state index in [-0.39, 0.29) is 13.0 Å². The van der Waals surface area contributed by atoms with Crippen molar-refractivity contribution in [2.75, 3.05) is 18.9 Å². The molecule has 0 aliphatic carbocycles. The number of thiophene rings is 1. The summed E-state index contributed by atoms with van der Waals surface area (Å²) < 4.78 is 5.72. The highest BCUT2D eigenvalue weighted by atomic mass is 32.1. The highest BCUT2D eigenvalue weighted by Gasteiger charge is 2.22. The molecular weight excluding hydrogens is 416 g/mol. The monoisotopic (exact) mass is 438 g/mol. The van der Waals surface area contributed by atoms with Gasteiger partial charge in [-0.25, -0.2) is 4.79 Å². The summed E-state index contributed by atoms with van der Waals surface area (Å²) in [5.74, 6) is -1.55. The summed E-state index contributed by atoms with van der Waals surface area (Å²) in [7, 11) is 1.47. The van der Waals surface area contributed by atoms with Crippen molar-refractivity contribution < 1.29 is 24.2 Å². The van der Waals surface area contributed by atoms with Gasteiger partial charge in [-0.1, -0.05) is 60.7 Å². The number of anilines is 1. The van der Waals surface area contributed by atoms with Gasteiger partial charge in [0.2, 0.25) is 0 Å². The van der Waals surface area contributed by atoms with Gasteiger partial charge in [0, 0.05) is 11.9 Å². The Labute approximate surface area is 183 Å². The number of urea groups is 1. The maximum absolute atomic E-state index is 12.6. The molecule has 0 radical (unpaired) electrons. The number of benzene rings is 2. The number of hydrogen-bond acceptors (Lipinski definition) is 5. The normalized spacial score (nSPS) is 10.5. The number of nitrogens with zero attached hydrogens (tertiary/aromatic N) is 1. The van der Waals surface area contributed by atoms with Gasteiger partial charge >= 0.3 is 18.0 Å². The van der Waals surface area contributed by atoms with Gasteiger partial charge in [0.25, 0.3) is 0 Å². The van der Waals surface area contributed by atoms with Crippen molar-refractivity contribution in [3.63, 3.8) is 0 Å². The standard InChI is InChI=1S/C23H22N2O5S/c1-25(23(29)24-18-12-13-31-19(18)14-20(26)27)15-21(28)30-22(16-8-4-2-5-9-16)17-10-6-3-7-11-17/h2-13,22H,14-15H2,1H3,(H,24,29)(H,26,27). The van der Waals surface area contributed by atoms with Crippen LogP contribution in [0.2, 0.25) is 0 Å². The van der Waals surface area contributed by atoms with E-state index in [9.17, 15) is 14.4 Å². The third-order valence-corrected chi connectivity index (χ3v) is 5.39. The Hall–Kier alpha value is -3.65. The first-order valence-electron chi connectivity index (χ1n) is 9.53. The van der Waals surface area contributed by atoms with E-state index in [0.29, 0.717) is 10.6 Å². The molecule has 31 heavy (non-hydrogen) atoms. The van der Waals surface area contributed by atoms with E-state index in [4.69, 9.17) is 9.84 Å². The lowest BCUT2D eigenvalue weighted by Gasteiger charge is -2.22. The third kappa shape index (κ3) is 6.16. The van der Waals surface area contributed by atoms with Gasteiger partial charge in [-0.15, -0.1) is 11.3 Å². The second kappa shape index (κ2) is 10.4. The molecule has 8 heteroatoms. The SMILES string of the molecule is CN(CC(=O)OC(c1ccccc1)c1ccccc1)C(=O)Nc1ccsc1CC(=O)O. The van der Waals surface area contributed by atoms with Gasteiger partial charge in [-0.2, -0.15) is 0 Å². The Morgan fingerprint density at radius 1 is 1.00 bits per heavy atom. The Kier molecular flexibility index (Phi) is 7.40. The Balaban J connectivity index is 1.65. The molecule has 160 valence electrons. The molecular formula is C23H22N2O5S. The summed E-state index contributed by atoms with van der Waals surface area (Å²) in [5, 5.41) is 13.3. The molecule has 0 fully saturated rings. The van der Waals surface area contributed by atoms with Crippen LogP contribution < -0.4 is 5.32 Å². The molecule has 0 bridgehead atoms. The lowest BCUT2D eigenvalue weighted by Crippen LogP contribution is -2.36. The first kappa shape index (κ1) is 22.0. The minimum atomic E-state index is -0.984. The fraction of sp³-hybridized carbons (Fsp3) is 0.174. The Morgan fingerprint density at radius 3 is 2.13 bits per heavy atom. The fourth-order valence-corrected chi connectivity index (χ4v) is 3.78. The largest absolute Gasteiger partial charge is 0.481 e. The fourth-order valence-electron chi connectivity index (χ4n) is 2.96. The number of carboxylic acids is 1. The van der Waals surface area contributed by atoms with E-state index in [1.807, 2.05) is 60.7 Å². The average Bonchev–Trinajstić information content (AvgIpc) is 3.19. The first-order chi connectivity index (χ1) is 14.9. The maximum atomic E-state index is 12.6. The summed E-state index contributed by atoms with van der Waals surface area (Å²) in [6.07, 6.45) is -0.778. The van der Waals surface area contributed by atoms with Gasteiger partial charge < -0.3 is 20.1 Å². The minimum Gasteiger partial charge on any atom is -0.481 e. The van der Waals surface area contributed by atoms with E-state index in [2.05, 4.69) is 5.32 Å². The molecule has 0 spiro atoms. The molecule has 0 saturated carbocycles. The smallest absolute Gasteiger partial charge is 0.326 e. The predicted molar refractivity (Wildman–Crippen MR) is 118 cm³/mol. The van der Waals surface area contributed by atoms with Gasteiger partial charge in [0.1, 0.15) is 6.54 Å².